The van der Waals surface area contributed by atoms with E-state index in [1.807, 2.05) is 25.1 Å². The van der Waals surface area contributed by atoms with Crippen LogP contribution in [0.5, 0.6) is 0 Å². The number of nitrogens with one attached hydrogen (secondary N) is 1. The van der Waals surface area contributed by atoms with Crippen LogP contribution in [0.25, 0.3) is 11.5 Å². The van der Waals surface area contributed by atoms with Gasteiger partial charge in [-0.05, 0) is 24.6 Å². The van der Waals surface area contributed by atoms with Crippen molar-refractivity contribution in [1.82, 2.24) is 15.5 Å². The fourth-order valence-corrected chi connectivity index (χ4v) is 2.22. The molecule has 0 radical (unpaired) electrons. The Hall–Kier alpha value is -1.43. The zero-order valence-corrected chi connectivity index (χ0v) is 11.3. The van der Waals surface area contributed by atoms with Crippen molar-refractivity contribution >= 4 is 11.6 Å². The van der Waals surface area contributed by atoms with Crippen LogP contribution in [0.2, 0.25) is 5.02 Å². The number of benzene rings is 1. The summed E-state index contributed by atoms with van der Waals surface area (Å²) in [5.41, 5.74) is 1.79. The summed E-state index contributed by atoms with van der Waals surface area (Å²) >= 11 is 6.09. The summed E-state index contributed by atoms with van der Waals surface area (Å²) in [7, 11) is 0. The average Bonchev–Trinajstić information content (AvgIpc) is 2.92. The van der Waals surface area contributed by atoms with Gasteiger partial charge in [0.15, 0.2) is 0 Å². The molecule has 1 aromatic carbocycles. The smallest absolute Gasteiger partial charge is 0.258 e. The molecule has 0 aliphatic carbocycles. The van der Waals surface area contributed by atoms with Crippen LogP contribution in [-0.4, -0.2) is 29.8 Å². The van der Waals surface area contributed by atoms with Crippen molar-refractivity contribution in [3.8, 4) is 11.5 Å². The molecule has 0 saturated carbocycles. The second kappa shape index (κ2) is 5.28. The molecule has 100 valence electrons. The van der Waals surface area contributed by atoms with Crippen molar-refractivity contribution in [2.45, 2.75) is 13.0 Å². The highest BCUT2D eigenvalue weighted by atomic mass is 35.5. The van der Waals surface area contributed by atoms with Crippen molar-refractivity contribution in [3.63, 3.8) is 0 Å². The van der Waals surface area contributed by atoms with E-state index in [1.165, 1.54) is 0 Å². The summed E-state index contributed by atoms with van der Waals surface area (Å²) in [6, 6.07) is 5.62. The molecule has 1 aliphatic heterocycles. The lowest BCUT2D eigenvalue weighted by atomic mass is 10.1. The summed E-state index contributed by atoms with van der Waals surface area (Å²) in [5.74, 6) is 1.05. The zero-order chi connectivity index (χ0) is 13.2. The van der Waals surface area contributed by atoms with Gasteiger partial charge in [0.2, 0.25) is 5.82 Å². The maximum atomic E-state index is 6.09. The maximum absolute atomic E-state index is 6.09. The molecule has 3 rings (SSSR count). The molecule has 1 aromatic heterocycles. The predicted octanol–water partition coefficient (Wildman–Crippen LogP) is 2.36. The quantitative estimate of drug-likeness (QED) is 0.914. The van der Waals surface area contributed by atoms with E-state index in [0.717, 1.165) is 17.7 Å². The second-order valence-electron chi connectivity index (χ2n) is 4.43. The molecular formula is C13H14ClN3O2. The van der Waals surface area contributed by atoms with Crippen LogP contribution < -0.4 is 5.32 Å². The van der Waals surface area contributed by atoms with E-state index in [9.17, 15) is 0 Å². The molecule has 1 unspecified atom stereocenters. The molecule has 1 saturated heterocycles. The fraction of sp³-hybridized carbons (Fsp3) is 0.385. The van der Waals surface area contributed by atoms with Crippen molar-refractivity contribution in [3.05, 3.63) is 34.6 Å². The van der Waals surface area contributed by atoms with Gasteiger partial charge >= 0.3 is 0 Å². The molecule has 2 aromatic rings. The average molecular weight is 280 g/mol. The summed E-state index contributed by atoms with van der Waals surface area (Å²) in [4.78, 5) is 4.40. The number of nitrogens with zero attached hydrogens (tertiary/aromatic N) is 2. The molecule has 0 spiro atoms. The molecule has 1 aliphatic rings. The Morgan fingerprint density at radius 2 is 2.32 bits per heavy atom. The molecule has 1 atom stereocenters. The van der Waals surface area contributed by atoms with Crippen LogP contribution in [0, 0.1) is 6.92 Å². The topological polar surface area (TPSA) is 60.2 Å². The number of hydrogen-bond acceptors (Lipinski definition) is 5. The van der Waals surface area contributed by atoms with Gasteiger partial charge in [0, 0.05) is 23.7 Å². The standard InChI is InChI=1S/C13H14ClN3O2/c1-8-9(3-2-4-10(8)14)13-16-12(17-19-13)11-7-15-5-6-18-11/h2-4,11,15H,5-7H2,1H3. The van der Waals surface area contributed by atoms with Crippen molar-refractivity contribution in [2.24, 2.45) is 0 Å². The Morgan fingerprint density at radius 3 is 3.11 bits per heavy atom. The van der Waals surface area contributed by atoms with E-state index < -0.39 is 0 Å². The van der Waals surface area contributed by atoms with E-state index in [4.69, 9.17) is 20.9 Å². The van der Waals surface area contributed by atoms with Gasteiger partial charge in [-0.15, -0.1) is 0 Å². The number of rotatable bonds is 2. The SMILES string of the molecule is Cc1c(Cl)cccc1-c1nc(C2CNCCO2)no1. The van der Waals surface area contributed by atoms with Gasteiger partial charge in [0.1, 0.15) is 6.10 Å². The lowest BCUT2D eigenvalue weighted by Crippen LogP contribution is -2.33. The van der Waals surface area contributed by atoms with Gasteiger partial charge in [0.05, 0.1) is 6.61 Å². The summed E-state index contributed by atoms with van der Waals surface area (Å²) < 4.78 is 10.9. The first-order chi connectivity index (χ1) is 9.25. The van der Waals surface area contributed by atoms with E-state index >= 15 is 0 Å². The summed E-state index contributed by atoms with van der Waals surface area (Å²) in [5, 5.41) is 7.92. The Labute approximate surface area is 115 Å². The first-order valence-corrected chi connectivity index (χ1v) is 6.55. The lowest BCUT2D eigenvalue weighted by Gasteiger charge is -2.20. The van der Waals surface area contributed by atoms with Crippen LogP contribution in [0.1, 0.15) is 17.5 Å². The van der Waals surface area contributed by atoms with Gasteiger partial charge in [-0.25, -0.2) is 0 Å². The Balaban J connectivity index is 1.90. The largest absolute Gasteiger partial charge is 0.367 e. The van der Waals surface area contributed by atoms with E-state index in [2.05, 4.69) is 15.5 Å². The van der Waals surface area contributed by atoms with Crippen molar-refractivity contribution < 1.29 is 9.26 Å². The molecular weight excluding hydrogens is 266 g/mol. The number of hydrogen-bond donors (Lipinski definition) is 1. The van der Waals surface area contributed by atoms with Crippen LogP contribution in [0.3, 0.4) is 0 Å². The van der Waals surface area contributed by atoms with Gasteiger partial charge in [-0.2, -0.15) is 4.98 Å². The molecule has 1 fully saturated rings. The maximum Gasteiger partial charge on any atom is 0.258 e. The first kappa shape index (κ1) is 12.6. The molecule has 1 N–H and O–H groups in total. The van der Waals surface area contributed by atoms with Gasteiger partial charge in [-0.3, -0.25) is 0 Å². The molecule has 2 heterocycles. The molecule has 5 nitrogen and oxygen atoms in total. The lowest BCUT2D eigenvalue weighted by molar-refractivity contribution is 0.0208. The summed E-state index contributed by atoms with van der Waals surface area (Å²) in [6.45, 7) is 4.15. The fourth-order valence-electron chi connectivity index (χ4n) is 2.05. The minimum Gasteiger partial charge on any atom is -0.367 e. The zero-order valence-electron chi connectivity index (χ0n) is 10.5. The van der Waals surface area contributed by atoms with E-state index in [-0.39, 0.29) is 6.10 Å². The molecule has 0 amide bonds. The number of halogens is 1. The van der Waals surface area contributed by atoms with Crippen molar-refractivity contribution in [2.75, 3.05) is 19.7 Å². The molecule has 6 heteroatoms. The van der Waals surface area contributed by atoms with Crippen LogP contribution in [0.15, 0.2) is 22.7 Å². The number of aromatic nitrogens is 2. The van der Waals surface area contributed by atoms with Crippen LogP contribution in [0.4, 0.5) is 0 Å². The number of morpholine rings is 1. The highest BCUT2D eigenvalue weighted by molar-refractivity contribution is 6.31. The monoisotopic (exact) mass is 279 g/mol. The third kappa shape index (κ3) is 2.49. The van der Waals surface area contributed by atoms with Crippen molar-refractivity contribution in [1.29, 1.82) is 0 Å². The third-order valence-corrected chi connectivity index (χ3v) is 3.56. The normalized spacial score (nSPS) is 19.6. The minimum absolute atomic E-state index is 0.147. The number of ether oxygens (including phenoxy) is 1. The van der Waals surface area contributed by atoms with E-state index in [1.54, 1.807) is 0 Å². The second-order valence-corrected chi connectivity index (χ2v) is 4.84. The van der Waals surface area contributed by atoms with Gasteiger partial charge in [0.25, 0.3) is 5.89 Å². The molecule has 0 bridgehead atoms. The summed E-state index contributed by atoms with van der Waals surface area (Å²) in [6.07, 6.45) is -0.147. The Kier molecular flexibility index (Phi) is 3.50. The van der Waals surface area contributed by atoms with E-state index in [0.29, 0.717) is 29.9 Å². The molecule has 19 heavy (non-hydrogen) atoms. The van der Waals surface area contributed by atoms with Crippen LogP contribution in [-0.2, 0) is 4.74 Å². The third-order valence-electron chi connectivity index (χ3n) is 3.16. The Morgan fingerprint density at radius 1 is 1.42 bits per heavy atom. The van der Waals surface area contributed by atoms with Gasteiger partial charge < -0.3 is 14.6 Å². The highest BCUT2D eigenvalue weighted by Gasteiger charge is 2.22. The first-order valence-electron chi connectivity index (χ1n) is 6.17. The highest BCUT2D eigenvalue weighted by Crippen LogP contribution is 2.28. The van der Waals surface area contributed by atoms with Crippen LogP contribution >= 0.6 is 11.6 Å². The Bertz CT molecular complexity index is 579. The minimum atomic E-state index is -0.147. The predicted molar refractivity (Wildman–Crippen MR) is 71.0 cm³/mol. The van der Waals surface area contributed by atoms with Gasteiger partial charge in [-0.1, -0.05) is 22.8 Å².